The van der Waals surface area contributed by atoms with E-state index in [1.807, 2.05) is 13.8 Å². The van der Waals surface area contributed by atoms with Crippen LogP contribution in [0.4, 0.5) is 79.0 Å². The van der Waals surface area contributed by atoms with Gasteiger partial charge in [0.25, 0.3) is 6.47 Å². The molecule has 742 valence electrons. The molecule has 0 saturated heterocycles. The maximum atomic E-state index is 13.0. The molecule has 0 saturated carbocycles. The van der Waals surface area contributed by atoms with Gasteiger partial charge in [0, 0.05) is 81.6 Å². The Morgan fingerprint density at radius 1 is 0.486 bits per heavy atom. The van der Waals surface area contributed by atoms with Crippen molar-refractivity contribution < 1.29 is 157 Å². The van der Waals surface area contributed by atoms with E-state index >= 15 is 0 Å². The summed E-state index contributed by atoms with van der Waals surface area (Å²) in [6.45, 7) is 28.4. The number of carbonyl (C=O) groups is 7. The van der Waals surface area contributed by atoms with Crippen molar-refractivity contribution in [3.8, 4) is 51.6 Å². The number of nitrogens with two attached hydrogens (primary N) is 2. The fourth-order valence-electron chi connectivity index (χ4n) is 10.0. The number of aryl methyl sites for hydroxylation is 6. The van der Waals surface area contributed by atoms with Gasteiger partial charge in [-0.25, -0.2) is 54.2 Å². The minimum Gasteiger partial charge on any atom is -0.870 e. The molecule has 10 rings (SSSR count). The first-order valence-electron chi connectivity index (χ1n) is 39.2. The van der Waals surface area contributed by atoms with Gasteiger partial charge in [-0.3, -0.25) is 29.7 Å². The third kappa shape index (κ3) is 47.0. The molecular formula is C89H96F18LiN17O12S. The number of amides is 2. The molecule has 0 aliphatic heterocycles. The second-order valence-electron chi connectivity index (χ2n) is 31.0. The number of carboxylic acids is 1. The molecule has 0 unspecified atom stereocenters. The van der Waals surface area contributed by atoms with Crippen LogP contribution in [0.25, 0.3) is 64.2 Å². The summed E-state index contributed by atoms with van der Waals surface area (Å²) in [6.07, 6.45) is -11.6. The number of thiocarbonyl (C=S) groups is 1. The van der Waals surface area contributed by atoms with Gasteiger partial charge in [-0.1, -0.05) is 59.8 Å². The van der Waals surface area contributed by atoms with Gasteiger partial charge < -0.3 is 36.2 Å². The van der Waals surface area contributed by atoms with Crippen LogP contribution >= 0.6 is 12.2 Å². The van der Waals surface area contributed by atoms with Crippen molar-refractivity contribution in [1.82, 2.24) is 70.2 Å². The van der Waals surface area contributed by atoms with Crippen molar-refractivity contribution in [3.05, 3.63) is 243 Å². The number of nitrogens with zero attached hydrogens (tertiary/aromatic N) is 12. The molecule has 6 aromatic carbocycles. The van der Waals surface area contributed by atoms with Gasteiger partial charge in [0.15, 0.2) is 29.1 Å². The summed E-state index contributed by atoms with van der Waals surface area (Å²) in [5, 5.41) is 44.5. The van der Waals surface area contributed by atoms with Crippen LogP contribution in [-0.2, 0) is 80.1 Å². The number of hydrogen-bond donors (Lipinski definition) is 7. The molecule has 0 aliphatic rings. The van der Waals surface area contributed by atoms with Crippen molar-refractivity contribution in [3.63, 3.8) is 0 Å². The molecule has 10 N–H and O–H groups in total. The zero-order valence-corrected chi connectivity index (χ0v) is 77.8. The molecule has 0 radical (unpaired) electrons. The number of alkyl halides is 18. The predicted octanol–water partition coefficient (Wildman–Crippen LogP) is 16.4. The van der Waals surface area contributed by atoms with Crippen LogP contribution < -0.4 is 41.2 Å². The minimum absolute atomic E-state index is 0. The first-order valence-corrected chi connectivity index (χ1v) is 39.6. The quantitative estimate of drug-likeness (QED) is 0.00543. The van der Waals surface area contributed by atoms with Crippen LogP contribution in [-0.4, -0.2) is 141 Å². The number of carbonyl (C=O) groups excluding carboxylic acids is 5. The smallest absolute Gasteiger partial charge is 0.870 e. The van der Waals surface area contributed by atoms with Crippen LogP contribution in [0.15, 0.2) is 165 Å². The maximum absolute atomic E-state index is 13.0. The van der Waals surface area contributed by atoms with Gasteiger partial charge in [0.05, 0.1) is 63.8 Å². The molecular weight excluding hydrogens is 1880 g/mol. The molecule has 4 heterocycles. The molecule has 0 fully saturated rings. The fourth-order valence-corrected chi connectivity index (χ4v) is 10.1. The van der Waals surface area contributed by atoms with E-state index < -0.39 is 87.8 Å². The summed E-state index contributed by atoms with van der Waals surface area (Å²) in [4.78, 5) is 90.5. The Labute approximate surface area is 796 Å². The van der Waals surface area contributed by atoms with E-state index in [0.717, 1.165) is 95.8 Å². The zero-order valence-electron chi connectivity index (χ0n) is 77.0. The molecule has 0 aliphatic carbocycles. The van der Waals surface area contributed by atoms with Crippen molar-refractivity contribution in [2.45, 2.75) is 167 Å². The van der Waals surface area contributed by atoms with E-state index in [1.165, 1.54) is 84.3 Å². The number of aromatic nitrogens is 12. The van der Waals surface area contributed by atoms with E-state index in [2.05, 4.69) is 68.4 Å². The van der Waals surface area contributed by atoms with Crippen LogP contribution in [0.1, 0.15) is 154 Å². The zero-order chi connectivity index (χ0) is 104. The number of aromatic amines is 1. The average molecular weight is 1980 g/mol. The van der Waals surface area contributed by atoms with E-state index in [-0.39, 0.29) is 129 Å². The number of carboxylic acid groups (broad SMARTS) is 2. The standard InChI is InChI=1S/C19H21F3N4O2.C16H16F3N3O2.C13H10F3N3O2.C10H8F3N3.C9H8F3NS.C9H6F3N.C7H12O2.C5H12N2O.CH2O2.Li.H2O/c1-12-7-13(9-14(8-12)19(20,21)22)16-24-11-26(25-16)6-5-15(27)10-23-17(28)18(2,3)4;1-10(2)24-14(23)4-5-22-9-20-15(21-22)12-6-11(3)7-13(8-12)16(17,18)19;1-8-4-9(6-10(5-8)13(14,15)16)12-17-7-19(18-12)3-2-11(20)21;1-6-2-7(9-14-5-15-16-9)4-8(3-6)10(11,12)13;1-5-2-6(8(13)14)4-7(3-5)9(10,11)12;1-6-2-7(5-13)4-8(3-6)9(10,11)12;1-4-5-7(8)9-6(2)3;1-5(2,3)4(8)7-6;2-1-3;;/h5-9,11H,10H2,1-4H3,(H,23,28);4-10H,1-3H3;2-7H,1H3,(H,20,21);2-5H,1H3,(H,14,15,16);2-4H,1H3,(H2,13,14);2-4H,1H3;4-6H,1-3H3;6H2,1-3H3,(H,7,8);1H,(H,2,3);;1H2/q;;;;;;;;;+1;/p-1/b6-5-;5-4-;3-2-;;;;5-4-;;;;. The summed E-state index contributed by atoms with van der Waals surface area (Å²) in [5.41, 5.74) is 5.97. The average Bonchev–Trinajstić information content (AvgIpc) is 1.58. The molecule has 2 amide bonds. The maximum Gasteiger partial charge on any atom is 1.00 e. The number of hydrogen-bond acceptors (Lipinski definition) is 21. The van der Waals surface area contributed by atoms with Crippen LogP contribution in [0.5, 0.6) is 0 Å². The Bertz CT molecular complexity index is 5860. The number of rotatable bonds is 16. The van der Waals surface area contributed by atoms with Crippen LogP contribution in [0.2, 0.25) is 0 Å². The normalized spacial score (nSPS) is 11.4. The number of nitrogens with one attached hydrogen (secondary N) is 3. The number of esters is 2. The number of hydrazine groups is 1. The van der Waals surface area contributed by atoms with Gasteiger partial charge in [0.2, 0.25) is 11.8 Å². The van der Waals surface area contributed by atoms with Gasteiger partial charge >= 0.3 is 73.8 Å². The van der Waals surface area contributed by atoms with Crippen LogP contribution in [0, 0.1) is 63.7 Å². The Hall–Kier alpha value is -14.0. The minimum atomic E-state index is -4.47. The topological polar surface area (TPSA) is 442 Å². The van der Waals surface area contributed by atoms with Gasteiger partial charge in [-0.05, 0) is 219 Å². The summed E-state index contributed by atoms with van der Waals surface area (Å²) in [6, 6.07) is 22.9. The van der Waals surface area contributed by atoms with E-state index in [9.17, 15) is 108 Å². The molecule has 138 heavy (non-hydrogen) atoms. The van der Waals surface area contributed by atoms with E-state index in [0.29, 0.717) is 44.8 Å². The first-order chi connectivity index (χ1) is 62.5. The summed E-state index contributed by atoms with van der Waals surface area (Å²) < 4.78 is 240. The first kappa shape index (κ1) is 124. The third-order valence-corrected chi connectivity index (χ3v) is 16.1. The number of ketones is 1. The number of benzene rings is 6. The Morgan fingerprint density at radius 2 is 0.797 bits per heavy atom. The summed E-state index contributed by atoms with van der Waals surface area (Å²) in [7, 11) is 0. The third-order valence-electron chi connectivity index (χ3n) is 15.9. The number of ether oxygens (including phenoxy) is 2. The van der Waals surface area contributed by atoms with Gasteiger partial charge in [-0.2, -0.15) is 89.4 Å². The number of aliphatic carboxylic acids is 1. The second-order valence-corrected chi connectivity index (χ2v) is 31.4. The molecule has 0 bridgehead atoms. The Balaban J connectivity index is 0.00000159. The largest absolute Gasteiger partial charge is 1.00 e. The molecule has 29 nitrogen and oxygen atoms in total. The van der Waals surface area contributed by atoms with Crippen molar-refractivity contribution in [2.24, 2.45) is 22.4 Å². The summed E-state index contributed by atoms with van der Waals surface area (Å²) >= 11 is 4.61. The van der Waals surface area contributed by atoms with E-state index in [4.69, 9.17) is 41.3 Å². The fraction of sp³-hybridized carbons (Fsp3) is 0.315. The van der Waals surface area contributed by atoms with Gasteiger partial charge in [0.1, 0.15) is 30.3 Å². The monoisotopic (exact) mass is 1980 g/mol. The van der Waals surface area contributed by atoms with Crippen molar-refractivity contribution in [2.75, 3.05) is 6.54 Å². The molecule has 4 aromatic heterocycles. The predicted molar refractivity (Wildman–Crippen MR) is 471 cm³/mol. The number of halogens is 18. The SMILES string of the molecule is C/C=C\C(=O)OC(C)C.CC(C)(C)C(=O)NN.Cc1cc(-c2ncn(/C=C\C(=O)CNC(=O)C(C)(C)C)n2)cc(C(F)(F)F)c1.Cc1cc(-c2ncn(/C=C\C(=O)O)n2)cc(C(F)(F)F)c1.Cc1cc(-c2ncn(/C=C\C(=O)OC(C)C)n2)cc(C(F)(F)F)c1.Cc1cc(-c2ncn[nH]2)cc(C(F)(F)F)c1.Cc1cc(C#N)cc(C(F)(F)F)c1.Cc1cc(C(N)=S)cc(C(F)(F)F)c1.O=CO.[Li+].[OH-]. The van der Waals surface area contributed by atoms with Crippen LogP contribution in [0.3, 0.4) is 0 Å². The van der Waals surface area contributed by atoms with Gasteiger partial charge in [-0.15, -0.1) is 15.3 Å². The molecule has 49 heteroatoms. The summed E-state index contributed by atoms with van der Waals surface area (Å²) in [5.74, 6) is 2.77. The second kappa shape index (κ2) is 55.2. The number of allylic oxidation sites excluding steroid dienone is 1. The molecule has 10 aromatic rings. The van der Waals surface area contributed by atoms with E-state index in [1.54, 1.807) is 127 Å². The Kier molecular flexibility index (Phi) is 49.6. The number of nitriles is 1. The van der Waals surface area contributed by atoms with Crippen molar-refractivity contribution in [1.29, 1.82) is 5.26 Å². The number of H-pyrrole nitrogens is 1. The molecule has 0 atom stereocenters. The molecule has 0 spiro atoms. The van der Waals surface area contributed by atoms with Crippen molar-refractivity contribution >= 4 is 77.8 Å². The Morgan fingerprint density at radius 3 is 1.09 bits per heavy atom.